The zero-order valence-electron chi connectivity index (χ0n) is 13.5. The van der Waals surface area contributed by atoms with Crippen molar-refractivity contribution in [2.45, 2.75) is 31.1 Å². The Morgan fingerprint density at radius 1 is 1.12 bits per heavy atom. The van der Waals surface area contributed by atoms with Gasteiger partial charge in [-0.25, -0.2) is 17.8 Å². The zero-order chi connectivity index (χ0) is 17.2. The predicted molar refractivity (Wildman–Crippen MR) is 92.2 cm³/mol. The molecule has 0 saturated carbocycles. The van der Waals surface area contributed by atoms with Gasteiger partial charge in [0.15, 0.2) is 0 Å². The second-order valence-corrected chi connectivity index (χ2v) is 7.62. The van der Waals surface area contributed by atoms with Gasteiger partial charge >= 0.3 is 0 Å². The van der Waals surface area contributed by atoms with Crippen LogP contribution in [-0.4, -0.2) is 26.5 Å². The van der Waals surface area contributed by atoms with Gasteiger partial charge in [0, 0.05) is 13.1 Å². The Kier molecular flexibility index (Phi) is 4.71. The molecule has 128 valence electrons. The van der Waals surface area contributed by atoms with Crippen LogP contribution in [0.2, 0.25) is 0 Å². The average Bonchev–Trinajstić information content (AvgIpc) is 2.55. The molecule has 1 aromatic carbocycles. The van der Waals surface area contributed by atoms with Crippen LogP contribution in [-0.2, 0) is 10.0 Å². The normalized spacial score (nSPS) is 15.3. The molecule has 0 radical (unpaired) electrons. The maximum absolute atomic E-state index is 13.2. The first-order chi connectivity index (χ1) is 11.5. The Balaban J connectivity index is 1.77. The van der Waals surface area contributed by atoms with Gasteiger partial charge in [-0.3, -0.25) is 4.72 Å². The van der Waals surface area contributed by atoms with E-state index in [0.29, 0.717) is 11.3 Å². The summed E-state index contributed by atoms with van der Waals surface area (Å²) < 4.78 is 40.5. The number of halogens is 1. The smallest absolute Gasteiger partial charge is 0.262 e. The average molecular weight is 349 g/mol. The highest BCUT2D eigenvalue weighted by molar-refractivity contribution is 7.92. The lowest BCUT2D eigenvalue weighted by atomic mass is 10.1. The molecule has 0 unspecified atom stereocenters. The summed E-state index contributed by atoms with van der Waals surface area (Å²) >= 11 is 0. The molecule has 2 heterocycles. The van der Waals surface area contributed by atoms with Gasteiger partial charge in [-0.2, -0.15) is 0 Å². The number of pyridine rings is 1. The van der Waals surface area contributed by atoms with E-state index in [1.54, 1.807) is 13.0 Å². The van der Waals surface area contributed by atoms with Crippen LogP contribution < -0.4 is 9.62 Å². The third kappa shape index (κ3) is 3.67. The van der Waals surface area contributed by atoms with E-state index in [1.165, 1.54) is 24.8 Å². The van der Waals surface area contributed by atoms with Crippen molar-refractivity contribution in [3.63, 3.8) is 0 Å². The summed E-state index contributed by atoms with van der Waals surface area (Å²) in [5, 5.41) is 0. The Bertz CT molecular complexity index is 816. The van der Waals surface area contributed by atoms with E-state index in [0.717, 1.165) is 37.8 Å². The van der Waals surface area contributed by atoms with Crippen LogP contribution in [0.4, 0.5) is 15.9 Å². The van der Waals surface area contributed by atoms with Crippen molar-refractivity contribution < 1.29 is 12.8 Å². The molecule has 0 atom stereocenters. The largest absolute Gasteiger partial charge is 0.357 e. The number of anilines is 2. The van der Waals surface area contributed by atoms with E-state index in [-0.39, 0.29) is 4.90 Å². The number of aryl methyl sites for hydroxylation is 1. The predicted octanol–water partition coefficient (Wildman–Crippen LogP) is 3.32. The topological polar surface area (TPSA) is 62.3 Å². The van der Waals surface area contributed by atoms with Gasteiger partial charge in [0.05, 0.1) is 16.8 Å². The molecule has 3 rings (SSSR count). The number of nitrogens with zero attached hydrogens (tertiary/aromatic N) is 2. The number of hydrogen-bond donors (Lipinski definition) is 1. The third-order valence-electron chi connectivity index (χ3n) is 4.11. The second kappa shape index (κ2) is 6.76. The highest BCUT2D eigenvalue weighted by Gasteiger charge is 2.18. The van der Waals surface area contributed by atoms with Gasteiger partial charge in [0.1, 0.15) is 11.6 Å². The molecule has 1 N–H and O–H groups in total. The molecule has 24 heavy (non-hydrogen) atoms. The lowest BCUT2D eigenvalue weighted by molar-refractivity contribution is 0.573. The number of hydrogen-bond acceptors (Lipinski definition) is 4. The summed E-state index contributed by atoms with van der Waals surface area (Å²) in [6.45, 7) is 3.52. The molecule has 1 aromatic heterocycles. The van der Waals surface area contributed by atoms with Crippen molar-refractivity contribution in [2.75, 3.05) is 22.7 Å². The molecule has 0 bridgehead atoms. The first-order valence-corrected chi connectivity index (χ1v) is 9.44. The van der Waals surface area contributed by atoms with Crippen LogP contribution in [0, 0.1) is 12.7 Å². The van der Waals surface area contributed by atoms with Gasteiger partial charge in [-0.1, -0.05) is 0 Å². The van der Waals surface area contributed by atoms with Gasteiger partial charge in [-0.05, 0) is 62.1 Å². The molecular weight excluding hydrogens is 329 g/mol. The molecule has 1 aliphatic heterocycles. The molecule has 0 amide bonds. The first-order valence-electron chi connectivity index (χ1n) is 7.96. The monoisotopic (exact) mass is 349 g/mol. The molecule has 0 aliphatic carbocycles. The maximum atomic E-state index is 13.2. The van der Waals surface area contributed by atoms with E-state index in [4.69, 9.17) is 0 Å². The van der Waals surface area contributed by atoms with Crippen molar-refractivity contribution in [3.05, 3.63) is 47.9 Å². The van der Waals surface area contributed by atoms with Crippen LogP contribution in [0.25, 0.3) is 0 Å². The quantitative estimate of drug-likeness (QED) is 0.920. The fraction of sp³-hybridized carbons (Fsp3) is 0.353. The number of sulfonamides is 1. The van der Waals surface area contributed by atoms with Crippen molar-refractivity contribution >= 4 is 21.5 Å². The van der Waals surface area contributed by atoms with E-state index in [1.807, 2.05) is 6.07 Å². The van der Waals surface area contributed by atoms with E-state index < -0.39 is 15.8 Å². The number of nitrogens with one attached hydrogen (secondary N) is 1. The Morgan fingerprint density at radius 2 is 1.88 bits per heavy atom. The van der Waals surface area contributed by atoms with Gasteiger partial charge in [0.2, 0.25) is 0 Å². The summed E-state index contributed by atoms with van der Waals surface area (Å²) in [5.41, 5.74) is 0.750. The fourth-order valence-electron chi connectivity index (χ4n) is 2.88. The minimum Gasteiger partial charge on any atom is -0.357 e. The van der Waals surface area contributed by atoms with Crippen LogP contribution in [0.1, 0.15) is 24.8 Å². The summed E-state index contributed by atoms with van der Waals surface area (Å²) in [6.07, 6.45) is 5.06. The van der Waals surface area contributed by atoms with Crippen molar-refractivity contribution in [1.82, 2.24) is 4.98 Å². The number of rotatable bonds is 4. The van der Waals surface area contributed by atoms with Crippen LogP contribution in [0.3, 0.4) is 0 Å². The molecule has 0 spiro atoms. The summed E-state index contributed by atoms with van der Waals surface area (Å²) in [4.78, 5) is 6.62. The van der Waals surface area contributed by atoms with Gasteiger partial charge < -0.3 is 4.90 Å². The van der Waals surface area contributed by atoms with Gasteiger partial charge in [-0.15, -0.1) is 0 Å². The maximum Gasteiger partial charge on any atom is 0.262 e. The molecule has 2 aromatic rings. The zero-order valence-corrected chi connectivity index (χ0v) is 14.3. The highest BCUT2D eigenvalue weighted by Crippen LogP contribution is 2.22. The Labute approximate surface area is 141 Å². The summed E-state index contributed by atoms with van der Waals surface area (Å²) in [7, 11) is -3.77. The van der Waals surface area contributed by atoms with Crippen molar-refractivity contribution in [1.29, 1.82) is 0 Å². The lowest BCUT2D eigenvalue weighted by Gasteiger charge is -2.27. The third-order valence-corrected chi connectivity index (χ3v) is 5.65. The minimum atomic E-state index is -3.77. The standard InChI is InChI=1S/C17H20FN3O2S/c1-13-11-14(18)5-7-16(13)24(22,23)20-15-6-8-17(19-12-15)21-9-3-2-4-10-21/h5-8,11-12,20H,2-4,9-10H2,1H3. The summed E-state index contributed by atoms with van der Waals surface area (Å²) in [5.74, 6) is 0.398. The number of piperidine rings is 1. The van der Waals surface area contributed by atoms with Crippen LogP contribution in [0.15, 0.2) is 41.4 Å². The lowest BCUT2D eigenvalue weighted by Crippen LogP contribution is -2.30. The second-order valence-electron chi connectivity index (χ2n) is 5.97. The Hall–Kier alpha value is -2.15. The van der Waals surface area contributed by atoms with E-state index in [9.17, 15) is 12.8 Å². The van der Waals surface area contributed by atoms with Crippen molar-refractivity contribution in [2.24, 2.45) is 0 Å². The molecule has 5 nitrogen and oxygen atoms in total. The Morgan fingerprint density at radius 3 is 2.50 bits per heavy atom. The molecule has 1 aliphatic rings. The van der Waals surface area contributed by atoms with Crippen LogP contribution in [0.5, 0.6) is 0 Å². The molecule has 1 fully saturated rings. The molecular formula is C17H20FN3O2S. The minimum absolute atomic E-state index is 0.0593. The highest BCUT2D eigenvalue weighted by atomic mass is 32.2. The first kappa shape index (κ1) is 16.7. The number of aromatic nitrogens is 1. The fourth-order valence-corrected chi connectivity index (χ4v) is 4.15. The van der Waals surface area contributed by atoms with Crippen molar-refractivity contribution in [3.8, 4) is 0 Å². The molecule has 7 heteroatoms. The molecule has 1 saturated heterocycles. The van der Waals surface area contributed by atoms with E-state index in [2.05, 4.69) is 14.6 Å². The summed E-state index contributed by atoms with van der Waals surface area (Å²) in [6, 6.07) is 7.13. The van der Waals surface area contributed by atoms with Gasteiger partial charge in [0.25, 0.3) is 10.0 Å². The van der Waals surface area contributed by atoms with Crippen LogP contribution >= 0.6 is 0 Å². The SMILES string of the molecule is Cc1cc(F)ccc1S(=O)(=O)Nc1ccc(N2CCCCC2)nc1. The van der Waals surface area contributed by atoms with E-state index >= 15 is 0 Å². The number of benzene rings is 1.